The van der Waals surface area contributed by atoms with E-state index in [4.69, 9.17) is 14.2 Å². The normalized spacial score (nSPS) is 10.7. The Hall–Kier alpha value is -2.23. The van der Waals surface area contributed by atoms with Crippen LogP contribution in [0.5, 0.6) is 17.2 Å². The number of halogens is 2. The van der Waals surface area contributed by atoms with Gasteiger partial charge in [0.25, 0.3) is 0 Å². The van der Waals surface area contributed by atoms with Crippen molar-refractivity contribution in [3.63, 3.8) is 0 Å². The molecule has 0 aliphatic carbocycles. The molecule has 6 nitrogen and oxygen atoms in total. The molecule has 160 valence electrons. The summed E-state index contributed by atoms with van der Waals surface area (Å²) in [6.07, 6.45) is 0.701. The van der Waals surface area contributed by atoms with Gasteiger partial charge >= 0.3 is 0 Å². The summed E-state index contributed by atoms with van der Waals surface area (Å²) in [6, 6.07) is 10.4. The highest BCUT2D eigenvalue weighted by molar-refractivity contribution is 14.0. The number of hydrogen-bond donors (Lipinski definition) is 2. The molecular formula is C21H29FIN3O3. The number of guanidine groups is 1. The second kappa shape index (κ2) is 13.1. The fourth-order valence-electron chi connectivity index (χ4n) is 2.76. The van der Waals surface area contributed by atoms with Crippen molar-refractivity contribution in [1.82, 2.24) is 10.6 Å². The van der Waals surface area contributed by atoms with Gasteiger partial charge in [0.05, 0.1) is 27.9 Å². The summed E-state index contributed by atoms with van der Waals surface area (Å²) < 4.78 is 29.4. The molecule has 0 amide bonds. The van der Waals surface area contributed by atoms with Gasteiger partial charge in [0.1, 0.15) is 5.82 Å². The van der Waals surface area contributed by atoms with Crippen molar-refractivity contribution in [3.8, 4) is 17.2 Å². The van der Waals surface area contributed by atoms with E-state index in [0.29, 0.717) is 42.7 Å². The van der Waals surface area contributed by atoms with Crippen LogP contribution in [-0.2, 0) is 13.0 Å². The highest BCUT2D eigenvalue weighted by atomic mass is 127. The van der Waals surface area contributed by atoms with Crippen LogP contribution in [0.25, 0.3) is 0 Å². The lowest BCUT2D eigenvalue weighted by Crippen LogP contribution is -2.38. The lowest BCUT2D eigenvalue weighted by molar-refractivity contribution is 0.324. The summed E-state index contributed by atoms with van der Waals surface area (Å²) in [7, 11) is 4.74. The summed E-state index contributed by atoms with van der Waals surface area (Å²) >= 11 is 0. The molecule has 0 aliphatic rings. The molecule has 0 radical (unpaired) electrons. The molecule has 2 rings (SSSR count). The SMILES string of the molecule is CCNC(=NCc1cc(OC)c(OC)c(OC)c1)NCCc1cccc(F)c1.I. The van der Waals surface area contributed by atoms with E-state index in [1.54, 1.807) is 33.5 Å². The lowest BCUT2D eigenvalue weighted by atomic mass is 10.1. The number of methoxy groups -OCH3 is 3. The van der Waals surface area contributed by atoms with E-state index < -0.39 is 0 Å². The van der Waals surface area contributed by atoms with Gasteiger partial charge in [-0.1, -0.05) is 12.1 Å². The summed E-state index contributed by atoms with van der Waals surface area (Å²) in [5, 5.41) is 6.48. The third-order valence-electron chi connectivity index (χ3n) is 4.08. The number of ether oxygens (including phenoxy) is 3. The van der Waals surface area contributed by atoms with Crippen LogP contribution in [0.15, 0.2) is 41.4 Å². The first-order valence-electron chi connectivity index (χ1n) is 9.16. The van der Waals surface area contributed by atoms with E-state index in [9.17, 15) is 4.39 Å². The van der Waals surface area contributed by atoms with Crippen LogP contribution in [0.2, 0.25) is 0 Å². The molecular weight excluding hydrogens is 488 g/mol. The zero-order valence-corrected chi connectivity index (χ0v) is 19.6. The summed E-state index contributed by atoms with van der Waals surface area (Å²) in [6.45, 7) is 3.82. The molecule has 29 heavy (non-hydrogen) atoms. The van der Waals surface area contributed by atoms with Crippen molar-refractivity contribution in [2.24, 2.45) is 4.99 Å². The minimum atomic E-state index is -0.222. The fraction of sp³-hybridized carbons (Fsp3) is 0.381. The molecule has 2 aromatic rings. The third-order valence-corrected chi connectivity index (χ3v) is 4.08. The summed E-state index contributed by atoms with van der Waals surface area (Å²) in [4.78, 5) is 4.61. The van der Waals surface area contributed by atoms with Crippen LogP contribution in [0.3, 0.4) is 0 Å². The summed E-state index contributed by atoms with van der Waals surface area (Å²) in [5.41, 5.74) is 1.87. The molecule has 0 aromatic heterocycles. The standard InChI is InChI=1S/C21H28FN3O3.HI/c1-5-23-21(24-10-9-15-7-6-8-17(22)11-15)25-14-16-12-18(26-2)20(28-4)19(13-16)27-3;/h6-8,11-13H,5,9-10,14H2,1-4H3,(H2,23,24,25);1H. The molecule has 0 fully saturated rings. The first kappa shape index (κ1) is 24.8. The fourth-order valence-corrected chi connectivity index (χ4v) is 2.76. The molecule has 0 aliphatic heterocycles. The van der Waals surface area contributed by atoms with Gasteiger partial charge in [0.15, 0.2) is 17.5 Å². The van der Waals surface area contributed by atoms with Gasteiger partial charge in [-0.05, 0) is 48.7 Å². The number of benzene rings is 2. The van der Waals surface area contributed by atoms with Crippen LogP contribution in [0.4, 0.5) is 4.39 Å². The average molecular weight is 517 g/mol. The topological polar surface area (TPSA) is 64.1 Å². The second-order valence-corrected chi connectivity index (χ2v) is 6.04. The van der Waals surface area contributed by atoms with E-state index in [2.05, 4.69) is 15.6 Å². The molecule has 0 atom stereocenters. The van der Waals surface area contributed by atoms with Gasteiger partial charge in [-0.2, -0.15) is 0 Å². The summed E-state index contributed by atoms with van der Waals surface area (Å²) in [5.74, 6) is 2.21. The van der Waals surface area contributed by atoms with Gasteiger partial charge in [-0.25, -0.2) is 9.38 Å². The van der Waals surface area contributed by atoms with Gasteiger partial charge in [-0.15, -0.1) is 24.0 Å². The average Bonchev–Trinajstić information content (AvgIpc) is 2.71. The Kier molecular flexibility index (Phi) is 11.2. The number of nitrogens with zero attached hydrogens (tertiary/aromatic N) is 1. The van der Waals surface area contributed by atoms with Crippen LogP contribution >= 0.6 is 24.0 Å². The molecule has 0 unspecified atom stereocenters. The Morgan fingerprint density at radius 1 is 0.966 bits per heavy atom. The predicted molar refractivity (Wildman–Crippen MR) is 124 cm³/mol. The van der Waals surface area contributed by atoms with Gasteiger partial charge in [-0.3, -0.25) is 0 Å². The lowest BCUT2D eigenvalue weighted by Gasteiger charge is -2.14. The first-order chi connectivity index (χ1) is 13.6. The van der Waals surface area contributed by atoms with Gasteiger partial charge in [0, 0.05) is 13.1 Å². The van der Waals surface area contributed by atoms with Crippen LogP contribution in [-0.4, -0.2) is 40.4 Å². The van der Waals surface area contributed by atoms with E-state index in [0.717, 1.165) is 17.7 Å². The molecule has 2 N–H and O–H groups in total. The minimum Gasteiger partial charge on any atom is -0.493 e. The number of nitrogens with one attached hydrogen (secondary N) is 2. The molecule has 0 spiro atoms. The van der Waals surface area contributed by atoms with Crippen LogP contribution < -0.4 is 24.8 Å². The van der Waals surface area contributed by atoms with Gasteiger partial charge in [0.2, 0.25) is 5.75 Å². The number of rotatable bonds is 9. The maximum Gasteiger partial charge on any atom is 0.203 e. The quantitative estimate of drug-likeness (QED) is 0.301. The van der Waals surface area contributed by atoms with Crippen molar-refractivity contribution in [1.29, 1.82) is 0 Å². The van der Waals surface area contributed by atoms with Gasteiger partial charge < -0.3 is 24.8 Å². The maximum atomic E-state index is 13.3. The highest BCUT2D eigenvalue weighted by Crippen LogP contribution is 2.38. The van der Waals surface area contributed by atoms with E-state index >= 15 is 0 Å². The van der Waals surface area contributed by atoms with Crippen LogP contribution in [0.1, 0.15) is 18.1 Å². The monoisotopic (exact) mass is 517 g/mol. The molecule has 8 heteroatoms. The minimum absolute atomic E-state index is 0. The largest absolute Gasteiger partial charge is 0.493 e. The molecule has 2 aromatic carbocycles. The zero-order valence-electron chi connectivity index (χ0n) is 17.3. The van der Waals surface area contributed by atoms with E-state index in [-0.39, 0.29) is 29.8 Å². The van der Waals surface area contributed by atoms with E-state index in [1.165, 1.54) is 6.07 Å². The van der Waals surface area contributed by atoms with Crippen molar-refractivity contribution in [2.45, 2.75) is 19.9 Å². The van der Waals surface area contributed by atoms with Crippen molar-refractivity contribution in [2.75, 3.05) is 34.4 Å². The van der Waals surface area contributed by atoms with Crippen molar-refractivity contribution >= 4 is 29.9 Å². The number of hydrogen-bond acceptors (Lipinski definition) is 4. The molecule has 0 saturated heterocycles. The molecule has 0 saturated carbocycles. The van der Waals surface area contributed by atoms with Crippen molar-refractivity contribution < 1.29 is 18.6 Å². The Bertz CT molecular complexity index is 777. The highest BCUT2D eigenvalue weighted by Gasteiger charge is 2.13. The number of aliphatic imine (C=N–C) groups is 1. The Morgan fingerprint density at radius 3 is 2.21 bits per heavy atom. The van der Waals surface area contributed by atoms with E-state index in [1.807, 2.05) is 25.1 Å². The molecule has 0 heterocycles. The Labute approximate surface area is 188 Å². The van der Waals surface area contributed by atoms with Crippen LogP contribution in [0, 0.1) is 5.82 Å². The molecule has 0 bridgehead atoms. The Balaban J connectivity index is 0.00000420. The van der Waals surface area contributed by atoms with Crippen molar-refractivity contribution in [3.05, 3.63) is 53.3 Å². The second-order valence-electron chi connectivity index (χ2n) is 6.04. The first-order valence-corrected chi connectivity index (χ1v) is 9.16. The third kappa shape index (κ3) is 7.60. The Morgan fingerprint density at radius 2 is 1.66 bits per heavy atom. The zero-order chi connectivity index (χ0) is 20.4. The smallest absolute Gasteiger partial charge is 0.203 e. The maximum absolute atomic E-state index is 13.3. The predicted octanol–water partition coefficient (Wildman–Crippen LogP) is 3.77.